The van der Waals surface area contributed by atoms with Crippen LogP contribution in [0.4, 0.5) is 10.1 Å². The van der Waals surface area contributed by atoms with Crippen molar-refractivity contribution >= 4 is 16.6 Å². The Morgan fingerprint density at radius 3 is 3.00 bits per heavy atom. The summed E-state index contributed by atoms with van der Waals surface area (Å²) in [7, 11) is 1.50. The molecular weight excluding hydrogens is 173 g/mol. The number of aryl methyl sites for hydroxylation is 1. The summed E-state index contributed by atoms with van der Waals surface area (Å²) in [5, 5.41) is 6.92. The Hall–Kier alpha value is -1.78. The first-order valence-electron chi connectivity index (χ1n) is 3.68. The molecule has 0 bridgehead atoms. The van der Waals surface area contributed by atoms with Crippen LogP contribution in [0.25, 0.3) is 10.9 Å². The first-order valence-corrected chi connectivity index (χ1v) is 3.68. The van der Waals surface area contributed by atoms with Crippen LogP contribution >= 0.6 is 0 Å². The fourth-order valence-electron chi connectivity index (χ4n) is 1.21. The van der Waals surface area contributed by atoms with Crippen molar-refractivity contribution in [2.24, 2.45) is 12.2 Å². The summed E-state index contributed by atoms with van der Waals surface area (Å²) in [5.41, 5.74) is 0.729. The van der Waals surface area contributed by atoms with E-state index in [2.05, 4.69) is 10.3 Å². The average molecular weight is 179 g/mol. The van der Waals surface area contributed by atoms with Crippen LogP contribution in [0.1, 0.15) is 0 Å². The lowest BCUT2D eigenvalue weighted by Gasteiger charge is -1.88. The number of halogens is 1. The quantitative estimate of drug-likeness (QED) is 0.629. The lowest BCUT2D eigenvalue weighted by atomic mass is 10.2. The summed E-state index contributed by atoms with van der Waals surface area (Å²) in [5.74, 6) is -0.458. The van der Waals surface area contributed by atoms with Gasteiger partial charge in [0.15, 0.2) is 0 Å². The number of hydrogen-bond acceptors (Lipinski definition) is 3. The van der Waals surface area contributed by atoms with Crippen molar-refractivity contribution in [3.05, 3.63) is 29.1 Å². The third-order valence-electron chi connectivity index (χ3n) is 1.85. The highest BCUT2D eigenvalue weighted by Crippen LogP contribution is 2.22. The highest BCUT2D eigenvalue weighted by atomic mass is 19.1. The molecule has 0 aliphatic rings. The first-order chi connectivity index (χ1) is 6.22. The number of fused-ring (bicyclic) bond motifs is 1. The molecule has 13 heavy (non-hydrogen) atoms. The topological polar surface area (TPSA) is 47.2 Å². The lowest BCUT2D eigenvalue weighted by molar-refractivity contribution is 0.512. The van der Waals surface area contributed by atoms with E-state index in [1.54, 1.807) is 6.07 Å². The van der Waals surface area contributed by atoms with Gasteiger partial charge in [-0.05, 0) is 23.4 Å². The molecule has 0 saturated heterocycles. The van der Waals surface area contributed by atoms with Gasteiger partial charge in [0.1, 0.15) is 5.69 Å². The summed E-state index contributed by atoms with van der Waals surface area (Å²) in [4.78, 5) is 10.2. The van der Waals surface area contributed by atoms with Crippen molar-refractivity contribution in [1.82, 2.24) is 9.78 Å². The molecule has 5 heteroatoms. The molecule has 0 fully saturated rings. The molecule has 0 aliphatic heterocycles. The van der Waals surface area contributed by atoms with Gasteiger partial charge < -0.3 is 0 Å². The molecule has 1 aromatic carbocycles. The van der Waals surface area contributed by atoms with E-state index in [9.17, 15) is 9.30 Å². The van der Waals surface area contributed by atoms with Gasteiger partial charge in [0.05, 0.1) is 10.9 Å². The average Bonchev–Trinajstić information content (AvgIpc) is 2.43. The molecule has 0 N–H and O–H groups in total. The van der Waals surface area contributed by atoms with Gasteiger partial charge >= 0.3 is 0 Å². The third kappa shape index (κ3) is 1.09. The van der Waals surface area contributed by atoms with Crippen LogP contribution in [-0.4, -0.2) is 9.78 Å². The van der Waals surface area contributed by atoms with Crippen LogP contribution in [0.5, 0.6) is 0 Å². The zero-order valence-corrected chi connectivity index (χ0v) is 6.86. The van der Waals surface area contributed by atoms with E-state index in [1.807, 2.05) is 0 Å². The summed E-state index contributed by atoms with van der Waals surface area (Å²) in [6, 6.07) is 4.45. The fraction of sp³-hybridized carbons (Fsp3) is 0.125. The second-order valence-electron chi connectivity index (χ2n) is 2.71. The molecule has 0 radical (unpaired) electrons. The number of hydrogen-bond donors (Lipinski definition) is 0. The minimum Gasteiger partial charge on any atom is -0.242 e. The van der Waals surface area contributed by atoms with Crippen LogP contribution < -0.4 is 0 Å². The Balaban J connectivity index is 2.81. The number of benzene rings is 1. The molecule has 0 amide bonds. The van der Waals surface area contributed by atoms with Gasteiger partial charge in [-0.1, -0.05) is 0 Å². The van der Waals surface area contributed by atoms with Crippen LogP contribution in [-0.2, 0) is 7.05 Å². The minimum atomic E-state index is -0.458. The van der Waals surface area contributed by atoms with Crippen molar-refractivity contribution in [3.63, 3.8) is 0 Å². The molecule has 66 valence electrons. The van der Waals surface area contributed by atoms with Gasteiger partial charge in [-0.3, -0.25) is 0 Å². The zero-order valence-electron chi connectivity index (χ0n) is 6.86. The molecule has 2 aromatic rings. The Labute approximate surface area is 72.9 Å². The van der Waals surface area contributed by atoms with Crippen molar-refractivity contribution in [1.29, 1.82) is 0 Å². The van der Waals surface area contributed by atoms with Crippen molar-refractivity contribution in [2.75, 3.05) is 0 Å². The molecule has 0 unspecified atom stereocenters. The van der Waals surface area contributed by atoms with Crippen LogP contribution in [0.15, 0.2) is 23.4 Å². The molecule has 1 aromatic heterocycles. The summed E-state index contributed by atoms with van der Waals surface area (Å²) in [6.45, 7) is 0. The Morgan fingerprint density at radius 1 is 1.54 bits per heavy atom. The van der Waals surface area contributed by atoms with Crippen molar-refractivity contribution in [3.8, 4) is 0 Å². The Morgan fingerprint density at radius 2 is 2.31 bits per heavy atom. The van der Waals surface area contributed by atoms with E-state index in [-0.39, 0.29) is 5.69 Å². The van der Waals surface area contributed by atoms with E-state index in [0.29, 0.717) is 10.9 Å². The van der Waals surface area contributed by atoms with Crippen molar-refractivity contribution < 1.29 is 4.39 Å². The van der Waals surface area contributed by atoms with Gasteiger partial charge in [0, 0.05) is 7.05 Å². The summed E-state index contributed by atoms with van der Waals surface area (Å²) < 4.78 is 14.4. The monoisotopic (exact) mass is 179 g/mol. The normalized spacial score (nSPS) is 10.6. The third-order valence-corrected chi connectivity index (χ3v) is 1.85. The number of aromatic nitrogens is 2. The predicted molar refractivity (Wildman–Crippen MR) is 46.1 cm³/mol. The lowest BCUT2D eigenvalue weighted by Crippen LogP contribution is -1.92. The Bertz CT molecular complexity index is 477. The number of nitrogens with zero attached hydrogens (tertiary/aromatic N) is 3. The smallest absolute Gasteiger partial charge is 0.219 e. The molecule has 4 nitrogen and oxygen atoms in total. The van der Waals surface area contributed by atoms with Crippen LogP contribution in [0, 0.1) is 10.9 Å². The fourth-order valence-corrected chi connectivity index (χ4v) is 1.21. The SMILES string of the molecule is Cn1nc2ccc(N=O)cc2c1F. The molecule has 1 heterocycles. The number of rotatable bonds is 1. The van der Waals surface area contributed by atoms with Gasteiger partial charge in [-0.15, -0.1) is 4.91 Å². The largest absolute Gasteiger partial charge is 0.242 e. The van der Waals surface area contributed by atoms with Crippen LogP contribution in [0.3, 0.4) is 0 Å². The highest BCUT2D eigenvalue weighted by molar-refractivity contribution is 5.81. The summed E-state index contributed by atoms with van der Waals surface area (Å²) in [6.07, 6.45) is 0. The minimum absolute atomic E-state index is 0.208. The van der Waals surface area contributed by atoms with E-state index >= 15 is 0 Å². The molecule has 0 saturated carbocycles. The maximum Gasteiger partial charge on any atom is 0.219 e. The maximum atomic E-state index is 13.2. The van der Waals surface area contributed by atoms with Gasteiger partial charge in [-0.25, -0.2) is 4.68 Å². The van der Waals surface area contributed by atoms with Gasteiger partial charge in [-0.2, -0.15) is 9.49 Å². The second kappa shape index (κ2) is 2.62. The van der Waals surface area contributed by atoms with E-state index in [1.165, 1.54) is 19.2 Å². The van der Waals surface area contributed by atoms with Crippen LogP contribution in [0.2, 0.25) is 0 Å². The van der Waals surface area contributed by atoms with Gasteiger partial charge in [0.25, 0.3) is 0 Å². The standard InChI is InChI=1S/C8H6FN3O/c1-12-8(9)6-4-5(11-13)2-3-7(6)10-12/h2-4H,1H3. The predicted octanol–water partition coefficient (Wildman–Crippen LogP) is 2.11. The second-order valence-corrected chi connectivity index (χ2v) is 2.71. The molecule has 0 spiro atoms. The summed E-state index contributed by atoms with van der Waals surface area (Å²) >= 11 is 0. The maximum absolute atomic E-state index is 13.2. The van der Waals surface area contributed by atoms with E-state index in [0.717, 1.165) is 4.68 Å². The highest BCUT2D eigenvalue weighted by Gasteiger charge is 2.08. The van der Waals surface area contributed by atoms with E-state index < -0.39 is 5.95 Å². The molecule has 0 atom stereocenters. The molecular formula is C8H6FN3O. The van der Waals surface area contributed by atoms with Crippen molar-refractivity contribution in [2.45, 2.75) is 0 Å². The molecule has 0 aliphatic carbocycles. The van der Waals surface area contributed by atoms with E-state index in [4.69, 9.17) is 0 Å². The Kier molecular flexibility index (Phi) is 1.58. The zero-order chi connectivity index (χ0) is 9.42. The number of nitroso groups, excluding NO2 is 1. The van der Waals surface area contributed by atoms with Gasteiger partial charge in [0.2, 0.25) is 5.95 Å². The molecule has 2 rings (SSSR count). The first kappa shape index (κ1) is 7.85.